The zero-order chi connectivity index (χ0) is 10.8. The maximum absolute atomic E-state index is 6.20. The quantitative estimate of drug-likeness (QED) is 0.762. The fourth-order valence-corrected chi connectivity index (χ4v) is 3.19. The van der Waals surface area contributed by atoms with Crippen LogP contribution in [0.25, 0.3) is 0 Å². The van der Waals surface area contributed by atoms with Crippen molar-refractivity contribution in [3.63, 3.8) is 0 Å². The van der Waals surface area contributed by atoms with Crippen LogP contribution in [0.1, 0.15) is 52.4 Å². The van der Waals surface area contributed by atoms with Crippen LogP contribution in [0, 0.1) is 11.8 Å². The van der Waals surface area contributed by atoms with Crippen LogP contribution in [0.4, 0.5) is 0 Å². The van der Waals surface area contributed by atoms with Crippen LogP contribution in [0.5, 0.6) is 0 Å². The van der Waals surface area contributed by atoms with Gasteiger partial charge in [0, 0.05) is 6.04 Å². The third-order valence-electron chi connectivity index (χ3n) is 4.19. The monoisotopic (exact) mass is 211 g/mol. The molecule has 2 heteroatoms. The van der Waals surface area contributed by atoms with Crippen molar-refractivity contribution in [3.05, 3.63) is 0 Å². The predicted octanol–water partition coefficient (Wildman–Crippen LogP) is 2.71. The zero-order valence-electron chi connectivity index (χ0n) is 10.1. The average molecular weight is 211 g/mol. The number of ether oxygens (including phenoxy) is 1. The largest absolute Gasteiger partial charge is 0.375 e. The first-order valence-corrected chi connectivity index (χ1v) is 6.56. The average Bonchev–Trinajstić information content (AvgIpc) is 2.58. The summed E-state index contributed by atoms with van der Waals surface area (Å²) in [6.45, 7) is 4.54. The summed E-state index contributed by atoms with van der Waals surface area (Å²) in [6, 6.07) is 0.431. The summed E-state index contributed by atoms with van der Waals surface area (Å²) in [4.78, 5) is 0. The molecule has 2 rings (SSSR count). The number of rotatable bonds is 2. The van der Waals surface area contributed by atoms with Gasteiger partial charge in [0.1, 0.15) is 0 Å². The first-order valence-electron chi connectivity index (χ1n) is 6.56. The van der Waals surface area contributed by atoms with Crippen LogP contribution >= 0.6 is 0 Å². The third-order valence-corrected chi connectivity index (χ3v) is 4.19. The Morgan fingerprint density at radius 2 is 1.93 bits per heavy atom. The van der Waals surface area contributed by atoms with Gasteiger partial charge >= 0.3 is 0 Å². The Kier molecular flexibility index (Phi) is 3.68. The number of hydrogen-bond donors (Lipinski definition) is 1. The Morgan fingerprint density at radius 3 is 2.60 bits per heavy atom. The molecule has 1 aliphatic heterocycles. The van der Waals surface area contributed by atoms with E-state index in [0.717, 1.165) is 5.92 Å². The highest BCUT2D eigenvalue weighted by Crippen LogP contribution is 2.34. The molecule has 15 heavy (non-hydrogen) atoms. The molecule has 5 unspecified atom stereocenters. The normalized spacial score (nSPS) is 47.0. The van der Waals surface area contributed by atoms with E-state index in [9.17, 15) is 0 Å². The summed E-state index contributed by atoms with van der Waals surface area (Å²) in [5, 5.41) is 0. The van der Waals surface area contributed by atoms with Crippen molar-refractivity contribution in [2.24, 2.45) is 17.6 Å². The third kappa shape index (κ3) is 2.94. The molecule has 88 valence electrons. The molecule has 1 saturated heterocycles. The van der Waals surface area contributed by atoms with E-state index >= 15 is 0 Å². The van der Waals surface area contributed by atoms with E-state index in [1.165, 1.54) is 38.5 Å². The molecule has 2 N–H and O–H groups in total. The molecule has 0 radical (unpaired) electrons. The van der Waals surface area contributed by atoms with Crippen molar-refractivity contribution >= 4 is 0 Å². The van der Waals surface area contributed by atoms with E-state index in [1.807, 2.05) is 0 Å². The SMILES string of the molecule is CC1CCC(N)C(CC2CCC(C)O2)C1. The van der Waals surface area contributed by atoms with E-state index in [-0.39, 0.29) is 0 Å². The molecule has 1 aliphatic carbocycles. The molecule has 1 heterocycles. The van der Waals surface area contributed by atoms with Crippen molar-refractivity contribution in [1.29, 1.82) is 0 Å². The minimum atomic E-state index is 0.431. The predicted molar refractivity (Wildman–Crippen MR) is 62.7 cm³/mol. The van der Waals surface area contributed by atoms with E-state index < -0.39 is 0 Å². The summed E-state index contributed by atoms with van der Waals surface area (Å²) in [7, 11) is 0. The van der Waals surface area contributed by atoms with Gasteiger partial charge in [0.2, 0.25) is 0 Å². The second-order valence-electron chi connectivity index (χ2n) is 5.72. The minimum Gasteiger partial charge on any atom is -0.375 e. The molecule has 0 bridgehead atoms. The minimum absolute atomic E-state index is 0.431. The fourth-order valence-electron chi connectivity index (χ4n) is 3.19. The lowest BCUT2D eigenvalue weighted by atomic mass is 9.76. The summed E-state index contributed by atoms with van der Waals surface area (Å²) in [5.41, 5.74) is 6.20. The van der Waals surface area contributed by atoms with Crippen LogP contribution in [0.15, 0.2) is 0 Å². The number of nitrogens with two attached hydrogens (primary N) is 1. The maximum Gasteiger partial charge on any atom is 0.0583 e. The molecule has 2 fully saturated rings. The van der Waals surface area contributed by atoms with Crippen LogP contribution in [-0.2, 0) is 4.74 Å². The lowest BCUT2D eigenvalue weighted by Crippen LogP contribution is -2.37. The van der Waals surface area contributed by atoms with Gasteiger partial charge in [0.25, 0.3) is 0 Å². The molecule has 0 spiro atoms. The second-order valence-corrected chi connectivity index (χ2v) is 5.72. The molecule has 0 aromatic rings. The van der Waals surface area contributed by atoms with Gasteiger partial charge in [0.05, 0.1) is 12.2 Å². The summed E-state index contributed by atoms with van der Waals surface area (Å²) in [6.07, 6.45) is 8.52. The van der Waals surface area contributed by atoms with Crippen molar-refractivity contribution in [3.8, 4) is 0 Å². The molecule has 0 aromatic heterocycles. The molecular weight excluding hydrogens is 186 g/mol. The summed E-state index contributed by atoms with van der Waals surface area (Å²) < 4.78 is 5.89. The highest BCUT2D eigenvalue weighted by atomic mass is 16.5. The highest BCUT2D eigenvalue weighted by molar-refractivity contribution is 4.84. The topological polar surface area (TPSA) is 35.2 Å². The lowest BCUT2D eigenvalue weighted by molar-refractivity contribution is 0.0316. The van der Waals surface area contributed by atoms with Crippen LogP contribution in [0.2, 0.25) is 0 Å². The summed E-state index contributed by atoms with van der Waals surface area (Å²) >= 11 is 0. The van der Waals surface area contributed by atoms with Gasteiger partial charge < -0.3 is 10.5 Å². The van der Waals surface area contributed by atoms with Crippen molar-refractivity contribution < 1.29 is 4.74 Å². The van der Waals surface area contributed by atoms with Crippen molar-refractivity contribution in [2.75, 3.05) is 0 Å². The van der Waals surface area contributed by atoms with Gasteiger partial charge in [-0.25, -0.2) is 0 Å². The molecular formula is C13H25NO. The van der Waals surface area contributed by atoms with Gasteiger partial charge in [-0.05, 0) is 57.3 Å². The maximum atomic E-state index is 6.20. The Hall–Kier alpha value is -0.0800. The van der Waals surface area contributed by atoms with Gasteiger partial charge in [-0.1, -0.05) is 6.92 Å². The van der Waals surface area contributed by atoms with Gasteiger partial charge in [-0.2, -0.15) is 0 Å². The molecule has 2 nitrogen and oxygen atoms in total. The first kappa shape index (κ1) is 11.4. The standard InChI is InChI=1S/C13H25NO/c1-9-3-6-13(14)11(7-9)8-12-5-4-10(2)15-12/h9-13H,3-8,14H2,1-2H3. The van der Waals surface area contributed by atoms with E-state index in [1.54, 1.807) is 0 Å². The smallest absolute Gasteiger partial charge is 0.0583 e. The van der Waals surface area contributed by atoms with E-state index in [4.69, 9.17) is 10.5 Å². The fraction of sp³-hybridized carbons (Fsp3) is 1.00. The lowest BCUT2D eigenvalue weighted by Gasteiger charge is -2.33. The van der Waals surface area contributed by atoms with Crippen LogP contribution in [0.3, 0.4) is 0 Å². The van der Waals surface area contributed by atoms with Crippen LogP contribution in [-0.4, -0.2) is 18.2 Å². The Labute approximate surface area is 93.6 Å². The van der Waals surface area contributed by atoms with Gasteiger partial charge in [0.15, 0.2) is 0 Å². The van der Waals surface area contributed by atoms with Gasteiger partial charge in [-0.15, -0.1) is 0 Å². The zero-order valence-corrected chi connectivity index (χ0v) is 10.1. The van der Waals surface area contributed by atoms with Crippen LogP contribution < -0.4 is 5.73 Å². The Morgan fingerprint density at radius 1 is 1.13 bits per heavy atom. The van der Waals surface area contributed by atoms with Crippen molar-refractivity contribution in [1.82, 2.24) is 0 Å². The van der Waals surface area contributed by atoms with Crippen molar-refractivity contribution in [2.45, 2.75) is 70.6 Å². The Bertz CT molecular complexity index is 207. The second kappa shape index (κ2) is 4.84. The molecule has 2 aliphatic rings. The molecule has 0 amide bonds. The molecule has 0 aromatic carbocycles. The first-order chi connectivity index (χ1) is 7.15. The van der Waals surface area contributed by atoms with E-state index in [0.29, 0.717) is 24.2 Å². The molecule has 1 saturated carbocycles. The summed E-state index contributed by atoms with van der Waals surface area (Å²) in [5.74, 6) is 1.58. The highest BCUT2D eigenvalue weighted by Gasteiger charge is 2.31. The number of hydrogen-bond acceptors (Lipinski definition) is 2. The molecule has 5 atom stereocenters. The van der Waals surface area contributed by atoms with E-state index in [2.05, 4.69) is 13.8 Å². The van der Waals surface area contributed by atoms with Gasteiger partial charge in [-0.3, -0.25) is 0 Å². The Balaban J connectivity index is 1.82.